The molecule has 0 radical (unpaired) electrons. The molecule has 4 aromatic heterocycles. The number of fused-ring (bicyclic) bond motifs is 2. The van der Waals surface area contributed by atoms with Gasteiger partial charge in [0.05, 0.1) is 28.6 Å². The highest BCUT2D eigenvalue weighted by atomic mass is 15.3. The molecule has 9 nitrogen and oxygen atoms in total. The van der Waals surface area contributed by atoms with Gasteiger partial charge < -0.3 is 14.8 Å². The topological polar surface area (TPSA) is 105 Å². The van der Waals surface area contributed by atoms with E-state index in [4.69, 9.17) is 9.97 Å². The summed E-state index contributed by atoms with van der Waals surface area (Å²) in [6.07, 6.45) is 3.59. The first kappa shape index (κ1) is 17.2. The highest BCUT2D eigenvalue weighted by molar-refractivity contribution is 5.95. The van der Waals surface area contributed by atoms with Crippen LogP contribution in [0.15, 0.2) is 42.7 Å². The van der Waals surface area contributed by atoms with E-state index >= 15 is 0 Å². The van der Waals surface area contributed by atoms with E-state index in [2.05, 4.69) is 60.4 Å². The molecule has 0 unspecified atom stereocenters. The lowest BCUT2D eigenvalue weighted by molar-refractivity contribution is 0.313. The fraction of sp³-hybridized carbons (Fsp3) is 0.238. The normalized spacial score (nSPS) is 15.4. The van der Waals surface area contributed by atoms with Gasteiger partial charge in [-0.3, -0.25) is 10.2 Å². The highest BCUT2D eigenvalue weighted by Crippen LogP contribution is 2.31. The van der Waals surface area contributed by atoms with Crippen LogP contribution >= 0.6 is 0 Å². The number of rotatable bonds is 3. The quantitative estimate of drug-likeness (QED) is 0.431. The van der Waals surface area contributed by atoms with Crippen LogP contribution in [-0.4, -0.2) is 73.5 Å². The predicted octanol–water partition coefficient (Wildman–Crippen LogP) is 2.64. The summed E-state index contributed by atoms with van der Waals surface area (Å²) in [6, 6.07) is 10.2. The molecule has 6 rings (SSSR count). The molecule has 1 saturated heterocycles. The number of piperazine rings is 1. The minimum atomic E-state index is 0.717. The molecule has 0 aliphatic carbocycles. The van der Waals surface area contributed by atoms with E-state index in [0.717, 1.165) is 76.7 Å². The van der Waals surface area contributed by atoms with Crippen molar-refractivity contribution in [3.05, 3.63) is 42.7 Å². The number of likely N-dealkylation sites (N-methyl/N-ethyl adjacent to an activating group) is 1. The second-order valence-corrected chi connectivity index (χ2v) is 7.70. The third-order valence-corrected chi connectivity index (χ3v) is 5.76. The first-order chi connectivity index (χ1) is 14.8. The van der Waals surface area contributed by atoms with Crippen molar-refractivity contribution in [3.8, 4) is 22.8 Å². The molecule has 1 aromatic carbocycles. The SMILES string of the molecule is CN1CCN(c2cccc3[nH]c(-c4n[nH]c5ccc(-c6cn[nH]c6)nc45)nc23)CC1. The number of H-pyrrole nitrogens is 3. The molecule has 3 N–H and O–H groups in total. The fourth-order valence-corrected chi connectivity index (χ4v) is 4.05. The predicted molar refractivity (Wildman–Crippen MR) is 116 cm³/mol. The van der Waals surface area contributed by atoms with E-state index in [1.807, 2.05) is 18.3 Å². The zero-order valence-corrected chi connectivity index (χ0v) is 16.6. The third-order valence-electron chi connectivity index (χ3n) is 5.76. The van der Waals surface area contributed by atoms with Gasteiger partial charge in [-0.05, 0) is 31.3 Å². The number of hydrogen-bond acceptors (Lipinski definition) is 6. The van der Waals surface area contributed by atoms with Gasteiger partial charge in [-0.25, -0.2) is 9.97 Å². The first-order valence-corrected chi connectivity index (χ1v) is 10.0. The largest absolute Gasteiger partial charge is 0.367 e. The Bertz CT molecular complexity index is 1320. The number of nitrogens with zero attached hydrogens (tertiary/aromatic N) is 6. The summed E-state index contributed by atoms with van der Waals surface area (Å²) in [5.41, 5.74) is 7.29. The molecular weight excluding hydrogens is 378 g/mol. The number of para-hydroxylation sites is 1. The van der Waals surface area contributed by atoms with Crippen molar-refractivity contribution in [1.29, 1.82) is 0 Å². The maximum Gasteiger partial charge on any atom is 0.161 e. The number of imidazole rings is 1. The Morgan fingerprint density at radius 1 is 0.933 bits per heavy atom. The average Bonchev–Trinajstić information content (AvgIpc) is 3.52. The van der Waals surface area contributed by atoms with Crippen LogP contribution in [0.5, 0.6) is 0 Å². The number of hydrogen-bond donors (Lipinski definition) is 3. The smallest absolute Gasteiger partial charge is 0.161 e. The summed E-state index contributed by atoms with van der Waals surface area (Å²) in [5, 5.41) is 14.4. The van der Waals surface area contributed by atoms with Crippen molar-refractivity contribution in [2.75, 3.05) is 38.1 Å². The Balaban J connectivity index is 1.45. The summed E-state index contributed by atoms with van der Waals surface area (Å²) in [4.78, 5) is 18.0. The lowest BCUT2D eigenvalue weighted by Crippen LogP contribution is -2.44. The average molecular weight is 399 g/mol. The number of aromatic amines is 3. The van der Waals surface area contributed by atoms with Crippen LogP contribution in [0.3, 0.4) is 0 Å². The fourth-order valence-electron chi connectivity index (χ4n) is 4.05. The monoisotopic (exact) mass is 399 g/mol. The number of benzene rings is 1. The molecule has 30 heavy (non-hydrogen) atoms. The van der Waals surface area contributed by atoms with Gasteiger partial charge in [0, 0.05) is 37.9 Å². The van der Waals surface area contributed by atoms with Crippen molar-refractivity contribution >= 4 is 27.8 Å². The summed E-state index contributed by atoms with van der Waals surface area (Å²) in [7, 11) is 2.16. The summed E-state index contributed by atoms with van der Waals surface area (Å²) >= 11 is 0. The van der Waals surface area contributed by atoms with Crippen LogP contribution in [0.2, 0.25) is 0 Å². The summed E-state index contributed by atoms with van der Waals surface area (Å²) < 4.78 is 0. The Labute approximate surface area is 172 Å². The molecule has 0 bridgehead atoms. The van der Waals surface area contributed by atoms with Gasteiger partial charge in [0.25, 0.3) is 0 Å². The summed E-state index contributed by atoms with van der Waals surface area (Å²) in [5.74, 6) is 0.717. The number of pyridine rings is 1. The van der Waals surface area contributed by atoms with Crippen LogP contribution in [-0.2, 0) is 0 Å². The van der Waals surface area contributed by atoms with Gasteiger partial charge in [-0.1, -0.05) is 6.07 Å². The zero-order chi connectivity index (χ0) is 20.1. The zero-order valence-electron chi connectivity index (χ0n) is 16.6. The van der Waals surface area contributed by atoms with Crippen molar-refractivity contribution in [2.45, 2.75) is 0 Å². The van der Waals surface area contributed by atoms with Crippen molar-refractivity contribution in [1.82, 2.24) is 40.2 Å². The molecule has 1 fully saturated rings. The van der Waals surface area contributed by atoms with Gasteiger partial charge >= 0.3 is 0 Å². The molecule has 0 spiro atoms. The number of aromatic nitrogens is 7. The van der Waals surface area contributed by atoms with E-state index in [-0.39, 0.29) is 0 Å². The van der Waals surface area contributed by atoms with Gasteiger partial charge in [0.1, 0.15) is 11.0 Å². The Kier molecular flexibility index (Phi) is 3.81. The lowest BCUT2D eigenvalue weighted by atomic mass is 10.2. The van der Waals surface area contributed by atoms with Crippen molar-refractivity contribution < 1.29 is 0 Å². The number of anilines is 1. The molecule has 1 aliphatic rings. The molecule has 150 valence electrons. The standard InChI is InChI=1S/C21H21N9/c1-29-7-9-30(10-8-29)17-4-2-3-15-18(17)26-21(25-15)20-19-16(27-28-20)6-5-14(24-19)13-11-22-23-12-13/h2-6,11-12H,7-10H2,1H3,(H,22,23)(H,25,26)(H,27,28). The molecule has 0 saturated carbocycles. The van der Waals surface area contributed by atoms with Crippen LogP contribution in [0.4, 0.5) is 5.69 Å². The molecule has 9 heteroatoms. The van der Waals surface area contributed by atoms with Crippen LogP contribution in [0, 0.1) is 0 Å². The minimum absolute atomic E-state index is 0.717. The van der Waals surface area contributed by atoms with E-state index in [0.29, 0.717) is 0 Å². The summed E-state index contributed by atoms with van der Waals surface area (Å²) in [6.45, 7) is 4.11. The highest BCUT2D eigenvalue weighted by Gasteiger charge is 2.20. The molecule has 0 atom stereocenters. The van der Waals surface area contributed by atoms with Crippen molar-refractivity contribution in [2.24, 2.45) is 0 Å². The van der Waals surface area contributed by atoms with Crippen LogP contribution < -0.4 is 4.90 Å². The molecule has 5 aromatic rings. The van der Waals surface area contributed by atoms with Gasteiger partial charge in [-0.2, -0.15) is 10.2 Å². The first-order valence-electron chi connectivity index (χ1n) is 10.0. The van der Waals surface area contributed by atoms with E-state index < -0.39 is 0 Å². The van der Waals surface area contributed by atoms with E-state index in [1.165, 1.54) is 0 Å². The van der Waals surface area contributed by atoms with Gasteiger partial charge in [-0.15, -0.1) is 0 Å². The maximum atomic E-state index is 4.94. The Morgan fingerprint density at radius 3 is 2.67 bits per heavy atom. The molecule has 1 aliphatic heterocycles. The minimum Gasteiger partial charge on any atom is -0.367 e. The van der Waals surface area contributed by atoms with Crippen LogP contribution in [0.25, 0.3) is 44.8 Å². The second kappa shape index (κ2) is 6.67. The van der Waals surface area contributed by atoms with E-state index in [9.17, 15) is 0 Å². The second-order valence-electron chi connectivity index (χ2n) is 7.70. The van der Waals surface area contributed by atoms with E-state index in [1.54, 1.807) is 6.20 Å². The Morgan fingerprint density at radius 2 is 1.83 bits per heavy atom. The lowest BCUT2D eigenvalue weighted by Gasteiger charge is -2.34. The van der Waals surface area contributed by atoms with Crippen LogP contribution in [0.1, 0.15) is 0 Å². The molecular formula is C21H21N9. The number of nitrogens with one attached hydrogen (secondary N) is 3. The third kappa shape index (κ3) is 2.74. The van der Waals surface area contributed by atoms with Crippen molar-refractivity contribution in [3.63, 3.8) is 0 Å². The Hall–Kier alpha value is -3.72. The molecule has 5 heterocycles. The maximum absolute atomic E-state index is 4.94. The molecule has 0 amide bonds. The van der Waals surface area contributed by atoms with Gasteiger partial charge in [0.15, 0.2) is 11.5 Å². The van der Waals surface area contributed by atoms with Gasteiger partial charge in [0.2, 0.25) is 0 Å².